The molecular weight excluding hydrogens is 422 g/mol. The van der Waals surface area contributed by atoms with E-state index in [1.807, 2.05) is 41.8 Å². The molecule has 0 saturated carbocycles. The quantitative estimate of drug-likeness (QED) is 0.273. The number of nitrogens with one attached hydrogen (secondary N) is 1. The van der Waals surface area contributed by atoms with Crippen LogP contribution in [0.1, 0.15) is 17.3 Å². The number of H-pyrrole nitrogens is 1. The predicted octanol–water partition coefficient (Wildman–Crippen LogP) is 2.95. The van der Waals surface area contributed by atoms with Gasteiger partial charge in [-0.1, -0.05) is 30.3 Å². The van der Waals surface area contributed by atoms with Crippen LogP contribution in [0.25, 0.3) is 32.9 Å². The molecule has 0 aliphatic heterocycles. The van der Waals surface area contributed by atoms with E-state index in [2.05, 4.69) is 10.2 Å². The summed E-state index contributed by atoms with van der Waals surface area (Å²) in [5, 5.41) is 20.6. The molecule has 0 saturated heterocycles. The van der Waals surface area contributed by atoms with Crippen molar-refractivity contribution in [2.45, 2.75) is 18.5 Å². The van der Waals surface area contributed by atoms with Crippen LogP contribution in [-0.2, 0) is 6.42 Å². The van der Waals surface area contributed by atoms with Gasteiger partial charge in [0.2, 0.25) is 0 Å². The number of aromatic amines is 1. The lowest BCUT2D eigenvalue weighted by Gasteiger charge is -2.20. The average Bonchev–Trinajstić information content (AvgIpc) is 3.49. The van der Waals surface area contributed by atoms with Gasteiger partial charge in [0, 0.05) is 40.9 Å². The van der Waals surface area contributed by atoms with Crippen LogP contribution in [0.3, 0.4) is 0 Å². The fourth-order valence-electron chi connectivity index (χ4n) is 3.67. The number of aromatic nitrogens is 5. The normalized spacial score (nSPS) is 13.3. The topological polar surface area (TPSA) is 133 Å². The van der Waals surface area contributed by atoms with E-state index in [1.165, 1.54) is 23.7 Å². The molecule has 0 fully saturated rings. The van der Waals surface area contributed by atoms with E-state index in [-0.39, 0.29) is 6.04 Å². The van der Waals surface area contributed by atoms with Gasteiger partial charge in [0.15, 0.2) is 18.2 Å². The van der Waals surface area contributed by atoms with Gasteiger partial charge in [-0.25, -0.2) is 9.97 Å². The summed E-state index contributed by atoms with van der Waals surface area (Å²) in [6.45, 7) is 0. The molecule has 32 heavy (non-hydrogen) atoms. The first-order valence-corrected chi connectivity index (χ1v) is 11.0. The minimum absolute atomic E-state index is 0.333. The van der Waals surface area contributed by atoms with Gasteiger partial charge >= 0.3 is 0 Å². The van der Waals surface area contributed by atoms with Crippen LogP contribution in [0.4, 0.5) is 0 Å². The zero-order valence-electron chi connectivity index (χ0n) is 17.1. The van der Waals surface area contributed by atoms with E-state index in [0.717, 1.165) is 37.3 Å². The zero-order valence-corrected chi connectivity index (χ0v) is 17.9. The van der Waals surface area contributed by atoms with Gasteiger partial charge in [0.25, 0.3) is 0 Å². The third-order valence-electron chi connectivity index (χ3n) is 5.38. The van der Waals surface area contributed by atoms with Crippen LogP contribution >= 0.6 is 11.3 Å². The first kappa shape index (κ1) is 20.3. The molecule has 0 aliphatic carbocycles. The van der Waals surface area contributed by atoms with Gasteiger partial charge < -0.3 is 16.7 Å². The van der Waals surface area contributed by atoms with Crippen LogP contribution in [0.5, 0.6) is 0 Å². The number of pyridine rings is 1. The lowest BCUT2D eigenvalue weighted by Crippen LogP contribution is -2.36. The number of thiophene rings is 1. The Kier molecular flexibility index (Phi) is 5.36. The predicted molar refractivity (Wildman–Crippen MR) is 124 cm³/mol. The van der Waals surface area contributed by atoms with Gasteiger partial charge in [0.1, 0.15) is 0 Å². The number of nitrogens with two attached hydrogens (primary N) is 2. The van der Waals surface area contributed by atoms with Crippen molar-refractivity contribution in [2.24, 2.45) is 11.5 Å². The summed E-state index contributed by atoms with van der Waals surface area (Å²) in [7, 11) is 0. The first-order chi connectivity index (χ1) is 15.6. The summed E-state index contributed by atoms with van der Waals surface area (Å²) in [6, 6.07) is 14.5. The minimum Gasteiger partial charge on any atom is -0.619 e. The number of fused-ring (bicyclic) bond motifs is 1. The second kappa shape index (κ2) is 8.46. The van der Waals surface area contributed by atoms with Crippen molar-refractivity contribution in [1.82, 2.24) is 20.2 Å². The highest BCUT2D eigenvalue weighted by atomic mass is 32.1. The largest absolute Gasteiger partial charge is 0.619 e. The molecule has 2 unspecified atom stereocenters. The molecule has 0 amide bonds. The Morgan fingerprint density at radius 3 is 2.53 bits per heavy atom. The Hall–Kier alpha value is -3.66. The maximum absolute atomic E-state index is 11.5. The van der Waals surface area contributed by atoms with Crippen LogP contribution in [0, 0.1) is 5.21 Å². The number of rotatable bonds is 6. The van der Waals surface area contributed by atoms with Crippen molar-refractivity contribution < 1.29 is 4.73 Å². The number of nitrogens with zero attached hydrogens (tertiary/aromatic N) is 4. The van der Waals surface area contributed by atoms with Crippen LogP contribution in [-0.4, -0.2) is 26.2 Å². The summed E-state index contributed by atoms with van der Waals surface area (Å²) in [6.07, 6.45) is 5.18. The van der Waals surface area contributed by atoms with Gasteiger partial charge in [-0.2, -0.15) is 9.83 Å². The van der Waals surface area contributed by atoms with Crippen LogP contribution in [0.2, 0.25) is 0 Å². The van der Waals surface area contributed by atoms with Crippen molar-refractivity contribution in [3.05, 3.63) is 89.0 Å². The molecule has 5 rings (SSSR count). The SMILES string of the molecule is NC(Cc1ccccc1)C(N)c1nc(-c2cc[n+]([O-])cc2)nc2c(-c3ccn[nH]3)csc12. The maximum atomic E-state index is 11.5. The Morgan fingerprint density at radius 1 is 1.03 bits per heavy atom. The molecule has 8 nitrogen and oxygen atoms in total. The number of hydrogen-bond donors (Lipinski definition) is 3. The molecule has 2 atom stereocenters. The molecule has 0 spiro atoms. The summed E-state index contributed by atoms with van der Waals surface area (Å²) in [4.78, 5) is 9.64. The molecule has 160 valence electrons. The molecule has 5 N–H and O–H groups in total. The molecular formula is C23H21N7OS. The highest BCUT2D eigenvalue weighted by molar-refractivity contribution is 7.17. The fraction of sp³-hybridized carbons (Fsp3) is 0.130. The molecule has 0 aliphatic rings. The monoisotopic (exact) mass is 443 g/mol. The molecule has 0 radical (unpaired) electrons. The third-order valence-corrected chi connectivity index (χ3v) is 6.38. The van der Waals surface area contributed by atoms with Gasteiger partial charge in [-0.3, -0.25) is 5.10 Å². The first-order valence-electron chi connectivity index (χ1n) is 10.1. The maximum Gasteiger partial charge on any atom is 0.181 e. The second-order valence-electron chi connectivity index (χ2n) is 7.56. The van der Waals surface area contributed by atoms with E-state index >= 15 is 0 Å². The van der Waals surface area contributed by atoms with E-state index in [1.54, 1.807) is 18.3 Å². The third kappa shape index (κ3) is 3.84. The minimum atomic E-state index is -0.499. The van der Waals surface area contributed by atoms with Crippen molar-refractivity contribution >= 4 is 21.6 Å². The van der Waals surface area contributed by atoms with E-state index in [0.29, 0.717) is 17.9 Å². The Balaban J connectivity index is 1.62. The smallest absolute Gasteiger partial charge is 0.181 e. The van der Waals surface area contributed by atoms with Crippen molar-refractivity contribution in [1.29, 1.82) is 0 Å². The summed E-state index contributed by atoms with van der Waals surface area (Å²) >= 11 is 1.53. The van der Waals surface area contributed by atoms with Gasteiger partial charge in [-0.15, -0.1) is 11.3 Å². The van der Waals surface area contributed by atoms with Gasteiger partial charge in [0.05, 0.1) is 27.6 Å². The molecule has 4 aromatic heterocycles. The molecule has 0 bridgehead atoms. The number of hydrogen-bond acceptors (Lipinski definition) is 7. The van der Waals surface area contributed by atoms with E-state index in [9.17, 15) is 5.21 Å². The standard InChI is InChI=1S/C23H21N7OS/c24-17(12-14-4-2-1-3-5-14)19(25)21-22-20(16(13-32-22)18-6-9-26-29-18)27-23(28-21)15-7-10-30(31)11-8-15/h1-11,13,17,19H,12,24-25H2,(H,26,29). The lowest BCUT2D eigenvalue weighted by atomic mass is 9.98. The van der Waals surface area contributed by atoms with E-state index < -0.39 is 6.04 Å². The zero-order chi connectivity index (χ0) is 22.1. The Morgan fingerprint density at radius 2 is 1.81 bits per heavy atom. The molecule has 9 heteroatoms. The molecule has 4 heterocycles. The van der Waals surface area contributed by atoms with Crippen LogP contribution in [0.15, 0.2) is 72.5 Å². The van der Waals surface area contributed by atoms with Gasteiger partial charge in [-0.05, 0) is 18.1 Å². The number of benzene rings is 1. The molecule has 5 aromatic rings. The van der Waals surface area contributed by atoms with E-state index in [4.69, 9.17) is 21.4 Å². The Labute approximate surface area is 188 Å². The summed E-state index contributed by atoms with van der Waals surface area (Å²) in [5.74, 6) is 0.495. The highest BCUT2D eigenvalue weighted by Gasteiger charge is 2.24. The average molecular weight is 444 g/mol. The van der Waals surface area contributed by atoms with Crippen molar-refractivity contribution in [2.75, 3.05) is 0 Å². The van der Waals surface area contributed by atoms with Crippen molar-refractivity contribution in [3.8, 4) is 22.6 Å². The fourth-order valence-corrected chi connectivity index (χ4v) is 4.71. The molecule has 1 aromatic carbocycles. The highest BCUT2D eigenvalue weighted by Crippen LogP contribution is 2.36. The summed E-state index contributed by atoms with van der Waals surface area (Å²) < 4.78 is 1.62. The Bertz CT molecular complexity index is 1330. The summed E-state index contributed by atoms with van der Waals surface area (Å²) in [5.41, 5.74) is 18.3. The van der Waals surface area contributed by atoms with Crippen molar-refractivity contribution in [3.63, 3.8) is 0 Å². The lowest BCUT2D eigenvalue weighted by molar-refractivity contribution is -0.605. The van der Waals surface area contributed by atoms with Crippen LogP contribution < -0.4 is 16.2 Å². The second-order valence-corrected chi connectivity index (χ2v) is 8.44.